The number of aromatic amines is 1. The first-order valence-corrected chi connectivity index (χ1v) is 9.89. The summed E-state index contributed by atoms with van der Waals surface area (Å²) < 4.78 is 27.3. The van der Waals surface area contributed by atoms with Gasteiger partial charge in [0, 0.05) is 30.9 Å². The van der Waals surface area contributed by atoms with E-state index in [1.807, 2.05) is 4.90 Å². The fourth-order valence-electron chi connectivity index (χ4n) is 3.25. The van der Waals surface area contributed by atoms with Crippen LogP contribution < -0.4 is 15.2 Å². The summed E-state index contributed by atoms with van der Waals surface area (Å²) in [6.45, 7) is 3.09. The summed E-state index contributed by atoms with van der Waals surface area (Å²) in [6.07, 6.45) is 4.87. The lowest BCUT2D eigenvalue weighted by Gasteiger charge is -2.34. The number of H-pyrrole nitrogens is 1. The molecular formula is C15H24N4O3S. The maximum Gasteiger partial charge on any atom is 0.252 e. The lowest BCUT2D eigenvalue weighted by Crippen LogP contribution is -2.49. The second kappa shape index (κ2) is 6.60. The SMILES string of the molecule is Cc1cc(=O)[nH]c(N2CCC[C@H](NS(=O)(=O)CC3CCC3)C2)n1. The van der Waals surface area contributed by atoms with E-state index < -0.39 is 10.0 Å². The fraction of sp³-hybridized carbons (Fsp3) is 0.733. The zero-order valence-corrected chi connectivity index (χ0v) is 14.2. The summed E-state index contributed by atoms with van der Waals surface area (Å²) in [6, 6.07) is 1.33. The molecule has 2 N–H and O–H groups in total. The van der Waals surface area contributed by atoms with Gasteiger partial charge in [-0.15, -0.1) is 0 Å². The van der Waals surface area contributed by atoms with E-state index in [0.717, 1.165) is 38.6 Å². The summed E-state index contributed by atoms with van der Waals surface area (Å²) in [5, 5.41) is 0. The Morgan fingerprint density at radius 2 is 2.13 bits per heavy atom. The van der Waals surface area contributed by atoms with E-state index in [9.17, 15) is 13.2 Å². The van der Waals surface area contributed by atoms with Gasteiger partial charge in [-0.1, -0.05) is 6.42 Å². The lowest BCUT2D eigenvalue weighted by atomic mass is 9.87. The van der Waals surface area contributed by atoms with E-state index in [0.29, 0.717) is 24.1 Å². The molecule has 0 aromatic carbocycles. The third-order valence-corrected chi connectivity index (χ3v) is 6.21. The van der Waals surface area contributed by atoms with Crippen molar-refractivity contribution in [3.05, 3.63) is 22.1 Å². The van der Waals surface area contributed by atoms with Crippen molar-refractivity contribution in [2.45, 2.75) is 45.1 Å². The first-order chi connectivity index (χ1) is 10.9. The second-order valence-electron chi connectivity index (χ2n) is 6.69. The summed E-state index contributed by atoms with van der Waals surface area (Å²) in [7, 11) is -3.23. The fourth-order valence-corrected chi connectivity index (χ4v) is 5.00. The topological polar surface area (TPSA) is 95.2 Å². The van der Waals surface area contributed by atoms with Crippen LogP contribution in [-0.4, -0.2) is 43.3 Å². The molecule has 7 nitrogen and oxygen atoms in total. The molecule has 0 bridgehead atoms. The number of hydrogen-bond acceptors (Lipinski definition) is 5. The van der Waals surface area contributed by atoms with Gasteiger partial charge in [0.2, 0.25) is 16.0 Å². The number of nitrogens with zero attached hydrogens (tertiary/aromatic N) is 2. The molecular weight excluding hydrogens is 316 g/mol. The molecule has 1 aliphatic carbocycles. The quantitative estimate of drug-likeness (QED) is 0.825. The van der Waals surface area contributed by atoms with Crippen molar-refractivity contribution in [1.29, 1.82) is 0 Å². The van der Waals surface area contributed by atoms with Gasteiger partial charge in [-0.3, -0.25) is 9.78 Å². The van der Waals surface area contributed by atoms with Crippen LogP contribution in [0.15, 0.2) is 10.9 Å². The molecule has 128 valence electrons. The predicted molar refractivity (Wildman–Crippen MR) is 89.1 cm³/mol. The number of piperidine rings is 1. The number of sulfonamides is 1. The van der Waals surface area contributed by atoms with E-state index in [1.165, 1.54) is 6.07 Å². The number of aryl methyl sites for hydroxylation is 1. The van der Waals surface area contributed by atoms with Crippen LogP contribution >= 0.6 is 0 Å². The molecule has 1 aliphatic heterocycles. The molecule has 0 unspecified atom stereocenters. The highest BCUT2D eigenvalue weighted by atomic mass is 32.2. The molecule has 0 amide bonds. The van der Waals surface area contributed by atoms with Crippen LogP contribution in [-0.2, 0) is 10.0 Å². The minimum atomic E-state index is -3.23. The van der Waals surface area contributed by atoms with E-state index in [-0.39, 0.29) is 17.4 Å². The van der Waals surface area contributed by atoms with Gasteiger partial charge in [0.05, 0.1) is 5.75 Å². The average molecular weight is 340 g/mol. The highest BCUT2D eigenvalue weighted by Gasteiger charge is 2.29. The van der Waals surface area contributed by atoms with Crippen molar-refractivity contribution in [2.24, 2.45) is 5.92 Å². The number of nitrogens with one attached hydrogen (secondary N) is 2. The Hall–Kier alpha value is -1.41. The molecule has 8 heteroatoms. The Balaban J connectivity index is 1.64. The Morgan fingerprint density at radius 3 is 2.78 bits per heavy atom. The number of hydrogen-bond donors (Lipinski definition) is 2. The minimum absolute atomic E-state index is 0.125. The van der Waals surface area contributed by atoms with E-state index in [4.69, 9.17) is 0 Å². The normalized spacial score (nSPS) is 22.8. The van der Waals surface area contributed by atoms with Gasteiger partial charge >= 0.3 is 0 Å². The molecule has 2 fully saturated rings. The van der Waals surface area contributed by atoms with Crippen LogP contribution in [0.25, 0.3) is 0 Å². The van der Waals surface area contributed by atoms with Crippen LogP contribution in [0.2, 0.25) is 0 Å². The smallest absolute Gasteiger partial charge is 0.252 e. The lowest BCUT2D eigenvalue weighted by molar-refractivity contribution is 0.344. The Labute approximate surface area is 136 Å². The van der Waals surface area contributed by atoms with Crippen molar-refractivity contribution in [3.8, 4) is 0 Å². The summed E-state index contributed by atoms with van der Waals surface area (Å²) in [5.41, 5.74) is 0.483. The van der Waals surface area contributed by atoms with Crippen molar-refractivity contribution in [3.63, 3.8) is 0 Å². The van der Waals surface area contributed by atoms with Gasteiger partial charge in [-0.05, 0) is 38.5 Å². The molecule has 23 heavy (non-hydrogen) atoms. The Kier molecular flexibility index (Phi) is 4.72. The largest absolute Gasteiger partial charge is 0.341 e. The first-order valence-electron chi connectivity index (χ1n) is 8.24. The molecule has 1 atom stereocenters. The van der Waals surface area contributed by atoms with Crippen molar-refractivity contribution >= 4 is 16.0 Å². The van der Waals surface area contributed by atoms with Crippen LogP contribution in [0.1, 0.15) is 37.8 Å². The van der Waals surface area contributed by atoms with E-state index >= 15 is 0 Å². The standard InChI is InChI=1S/C15H24N4O3S/c1-11-8-14(20)17-15(16-11)19-7-3-6-13(9-19)18-23(21,22)10-12-4-2-5-12/h8,12-13,18H,2-7,9-10H2,1H3,(H,16,17,20)/t13-/m0/s1. The van der Waals surface area contributed by atoms with Crippen LogP contribution in [0.5, 0.6) is 0 Å². The molecule has 1 saturated carbocycles. The molecule has 2 heterocycles. The van der Waals surface area contributed by atoms with Crippen LogP contribution in [0, 0.1) is 12.8 Å². The number of anilines is 1. The third-order valence-electron chi connectivity index (χ3n) is 4.60. The number of rotatable bonds is 5. The number of aromatic nitrogens is 2. The van der Waals surface area contributed by atoms with Gasteiger partial charge in [0.25, 0.3) is 5.56 Å². The Bertz CT molecular complexity index is 712. The van der Waals surface area contributed by atoms with Gasteiger partial charge in [-0.25, -0.2) is 18.1 Å². The summed E-state index contributed by atoms with van der Waals surface area (Å²) >= 11 is 0. The maximum absolute atomic E-state index is 12.3. The molecule has 3 rings (SSSR count). The summed E-state index contributed by atoms with van der Waals surface area (Å²) in [5.74, 6) is 1.09. The second-order valence-corrected chi connectivity index (χ2v) is 8.49. The third kappa shape index (κ3) is 4.32. The molecule has 1 aromatic rings. The average Bonchev–Trinajstić information content (AvgIpc) is 2.42. The van der Waals surface area contributed by atoms with Gasteiger partial charge in [0.15, 0.2) is 0 Å². The minimum Gasteiger partial charge on any atom is -0.341 e. The first kappa shape index (κ1) is 16.4. The van der Waals surface area contributed by atoms with Crippen molar-refractivity contribution in [2.75, 3.05) is 23.7 Å². The highest BCUT2D eigenvalue weighted by molar-refractivity contribution is 7.89. The predicted octanol–water partition coefficient (Wildman–Crippen LogP) is 0.767. The van der Waals surface area contributed by atoms with E-state index in [1.54, 1.807) is 6.92 Å². The van der Waals surface area contributed by atoms with Crippen LogP contribution in [0.3, 0.4) is 0 Å². The van der Waals surface area contributed by atoms with Gasteiger partial charge < -0.3 is 4.90 Å². The summed E-state index contributed by atoms with van der Waals surface area (Å²) in [4.78, 5) is 20.6. The molecule has 1 saturated heterocycles. The molecule has 1 aromatic heterocycles. The van der Waals surface area contributed by atoms with Crippen LogP contribution in [0.4, 0.5) is 5.95 Å². The molecule has 0 radical (unpaired) electrons. The maximum atomic E-state index is 12.3. The highest BCUT2D eigenvalue weighted by Crippen LogP contribution is 2.27. The molecule has 0 spiro atoms. The molecule has 2 aliphatic rings. The zero-order chi connectivity index (χ0) is 16.4. The Morgan fingerprint density at radius 1 is 1.35 bits per heavy atom. The van der Waals surface area contributed by atoms with Crippen molar-refractivity contribution in [1.82, 2.24) is 14.7 Å². The van der Waals surface area contributed by atoms with Gasteiger partial charge in [-0.2, -0.15) is 0 Å². The van der Waals surface area contributed by atoms with E-state index in [2.05, 4.69) is 14.7 Å². The zero-order valence-electron chi connectivity index (χ0n) is 13.4. The monoisotopic (exact) mass is 340 g/mol. The van der Waals surface area contributed by atoms with Gasteiger partial charge in [0.1, 0.15) is 0 Å². The van der Waals surface area contributed by atoms with Crippen molar-refractivity contribution < 1.29 is 8.42 Å².